The summed E-state index contributed by atoms with van der Waals surface area (Å²) < 4.78 is 0. The molecule has 0 saturated heterocycles. The Labute approximate surface area is 149 Å². The van der Waals surface area contributed by atoms with Gasteiger partial charge < -0.3 is 5.32 Å². The number of hydrogen-bond acceptors (Lipinski definition) is 4. The lowest BCUT2D eigenvalue weighted by atomic mass is 10.1. The highest BCUT2D eigenvalue weighted by Gasteiger charge is 2.20. The standard InChI is InChI=1S/C18H18ClN3OS/c1-9-15-11(3)20-12(4)22-18(15)24-16(9)17(23)21-10(2)13-6-5-7-14(19)8-13/h5-8,10H,1-4H3,(H,21,23). The van der Waals surface area contributed by atoms with Crippen LogP contribution in [0.3, 0.4) is 0 Å². The molecule has 24 heavy (non-hydrogen) atoms. The second kappa shape index (κ2) is 6.49. The summed E-state index contributed by atoms with van der Waals surface area (Å²) in [7, 11) is 0. The minimum Gasteiger partial charge on any atom is -0.345 e. The number of halogens is 1. The molecule has 1 unspecified atom stereocenters. The summed E-state index contributed by atoms with van der Waals surface area (Å²) in [6, 6.07) is 7.39. The summed E-state index contributed by atoms with van der Waals surface area (Å²) in [5, 5.41) is 4.68. The van der Waals surface area contributed by atoms with Gasteiger partial charge in [-0.3, -0.25) is 4.79 Å². The molecule has 2 heterocycles. The fourth-order valence-corrected chi connectivity index (χ4v) is 4.19. The molecular formula is C18H18ClN3OS. The van der Waals surface area contributed by atoms with E-state index >= 15 is 0 Å². The smallest absolute Gasteiger partial charge is 0.262 e. The van der Waals surface area contributed by atoms with Crippen LogP contribution < -0.4 is 5.32 Å². The Morgan fingerprint density at radius 1 is 1.25 bits per heavy atom. The molecule has 0 aliphatic rings. The topological polar surface area (TPSA) is 54.9 Å². The molecule has 1 atom stereocenters. The minimum atomic E-state index is -0.130. The molecule has 1 N–H and O–H groups in total. The number of carbonyl (C=O) groups excluding carboxylic acids is 1. The molecule has 4 nitrogen and oxygen atoms in total. The molecule has 0 saturated carbocycles. The first-order valence-electron chi connectivity index (χ1n) is 7.67. The first kappa shape index (κ1) is 16.9. The van der Waals surface area contributed by atoms with E-state index < -0.39 is 0 Å². The zero-order valence-corrected chi connectivity index (χ0v) is 15.5. The third kappa shape index (κ3) is 3.14. The number of aromatic nitrogens is 2. The number of rotatable bonds is 3. The van der Waals surface area contributed by atoms with E-state index in [1.807, 2.05) is 52.0 Å². The number of hydrogen-bond donors (Lipinski definition) is 1. The fraction of sp³-hybridized carbons (Fsp3) is 0.278. The van der Waals surface area contributed by atoms with Gasteiger partial charge in [0, 0.05) is 16.1 Å². The Balaban J connectivity index is 1.91. The van der Waals surface area contributed by atoms with Crippen molar-refractivity contribution in [3.8, 4) is 0 Å². The van der Waals surface area contributed by atoms with E-state index in [9.17, 15) is 4.79 Å². The van der Waals surface area contributed by atoms with Crippen LogP contribution in [0.5, 0.6) is 0 Å². The second-order valence-corrected chi connectivity index (χ2v) is 7.28. The molecule has 0 aliphatic heterocycles. The van der Waals surface area contributed by atoms with Crippen LogP contribution in [0.4, 0.5) is 0 Å². The van der Waals surface area contributed by atoms with Crippen molar-refractivity contribution in [1.29, 1.82) is 0 Å². The number of fused-ring (bicyclic) bond motifs is 1. The number of benzene rings is 1. The lowest BCUT2D eigenvalue weighted by molar-refractivity contribution is 0.0943. The number of carbonyl (C=O) groups is 1. The van der Waals surface area contributed by atoms with Crippen LogP contribution in [0, 0.1) is 20.8 Å². The van der Waals surface area contributed by atoms with Gasteiger partial charge in [0.1, 0.15) is 10.7 Å². The van der Waals surface area contributed by atoms with Gasteiger partial charge in [-0.15, -0.1) is 11.3 Å². The number of aryl methyl sites for hydroxylation is 3. The highest BCUT2D eigenvalue weighted by molar-refractivity contribution is 7.20. The highest BCUT2D eigenvalue weighted by atomic mass is 35.5. The summed E-state index contributed by atoms with van der Waals surface area (Å²) in [5.41, 5.74) is 2.82. The van der Waals surface area contributed by atoms with Crippen molar-refractivity contribution in [2.45, 2.75) is 33.7 Å². The van der Waals surface area contributed by atoms with Gasteiger partial charge in [-0.1, -0.05) is 23.7 Å². The monoisotopic (exact) mass is 359 g/mol. The maximum atomic E-state index is 12.7. The maximum Gasteiger partial charge on any atom is 0.262 e. The Morgan fingerprint density at radius 3 is 2.71 bits per heavy atom. The van der Waals surface area contributed by atoms with Crippen LogP contribution in [-0.2, 0) is 0 Å². The van der Waals surface area contributed by atoms with Gasteiger partial charge in [-0.05, 0) is 51.0 Å². The van der Waals surface area contributed by atoms with E-state index in [-0.39, 0.29) is 11.9 Å². The van der Waals surface area contributed by atoms with Gasteiger partial charge in [-0.2, -0.15) is 0 Å². The van der Waals surface area contributed by atoms with E-state index in [4.69, 9.17) is 11.6 Å². The molecule has 124 valence electrons. The van der Waals surface area contributed by atoms with E-state index in [0.29, 0.717) is 9.90 Å². The molecule has 3 aromatic rings. The molecule has 1 amide bonds. The molecule has 1 aromatic carbocycles. The van der Waals surface area contributed by atoms with Crippen LogP contribution in [-0.4, -0.2) is 15.9 Å². The largest absolute Gasteiger partial charge is 0.345 e. The average molecular weight is 360 g/mol. The van der Waals surface area contributed by atoms with E-state index in [1.165, 1.54) is 11.3 Å². The van der Waals surface area contributed by atoms with Crippen molar-refractivity contribution in [1.82, 2.24) is 15.3 Å². The van der Waals surface area contributed by atoms with E-state index in [1.54, 1.807) is 0 Å². The summed E-state index contributed by atoms with van der Waals surface area (Å²) in [4.78, 5) is 23.1. The van der Waals surface area contributed by atoms with Crippen molar-refractivity contribution in [3.63, 3.8) is 0 Å². The van der Waals surface area contributed by atoms with Gasteiger partial charge in [0.2, 0.25) is 0 Å². The van der Waals surface area contributed by atoms with Crippen LogP contribution in [0.15, 0.2) is 24.3 Å². The fourth-order valence-electron chi connectivity index (χ4n) is 2.81. The third-order valence-electron chi connectivity index (χ3n) is 3.99. The Kier molecular flexibility index (Phi) is 4.56. The Bertz CT molecular complexity index is 935. The van der Waals surface area contributed by atoms with E-state index in [0.717, 1.165) is 32.9 Å². The molecule has 3 rings (SSSR count). The minimum absolute atomic E-state index is 0.0972. The lowest BCUT2D eigenvalue weighted by Gasteiger charge is -2.14. The Morgan fingerprint density at radius 2 is 2.00 bits per heavy atom. The van der Waals surface area contributed by atoms with Crippen molar-refractivity contribution >= 4 is 39.1 Å². The summed E-state index contributed by atoms with van der Waals surface area (Å²) >= 11 is 7.44. The van der Waals surface area contributed by atoms with Crippen molar-refractivity contribution in [2.24, 2.45) is 0 Å². The van der Waals surface area contributed by atoms with Crippen LogP contribution in [0.2, 0.25) is 5.02 Å². The van der Waals surface area contributed by atoms with Gasteiger partial charge in [0.15, 0.2) is 0 Å². The first-order chi connectivity index (χ1) is 11.4. The molecule has 6 heteroatoms. The molecule has 0 bridgehead atoms. The SMILES string of the molecule is Cc1nc(C)c2c(C)c(C(=O)NC(C)c3cccc(Cl)c3)sc2n1. The number of amides is 1. The molecule has 0 aliphatic carbocycles. The first-order valence-corrected chi connectivity index (χ1v) is 8.87. The summed E-state index contributed by atoms with van der Waals surface area (Å²) in [6.45, 7) is 7.71. The zero-order chi connectivity index (χ0) is 17.4. The van der Waals surface area contributed by atoms with Gasteiger partial charge in [0.25, 0.3) is 5.91 Å². The number of nitrogens with one attached hydrogen (secondary N) is 1. The molecular weight excluding hydrogens is 342 g/mol. The van der Waals surface area contributed by atoms with Gasteiger partial charge in [0.05, 0.1) is 10.9 Å². The third-order valence-corrected chi connectivity index (χ3v) is 5.40. The van der Waals surface area contributed by atoms with Crippen LogP contribution in [0.1, 0.15) is 45.3 Å². The molecule has 0 spiro atoms. The van der Waals surface area contributed by atoms with Gasteiger partial charge in [-0.25, -0.2) is 9.97 Å². The Hall–Kier alpha value is -1.98. The van der Waals surface area contributed by atoms with Crippen molar-refractivity contribution in [3.05, 3.63) is 56.8 Å². The van der Waals surface area contributed by atoms with Crippen LogP contribution >= 0.6 is 22.9 Å². The summed E-state index contributed by atoms with van der Waals surface area (Å²) in [6.07, 6.45) is 0. The lowest BCUT2D eigenvalue weighted by Crippen LogP contribution is -2.26. The van der Waals surface area contributed by atoms with Gasteiger partial charge >= 0.3 is 0 Å². The average Bonchev–Trinajstić information content (AvgIpc) is 2.84. The van der Waals surface area contributed by atoms with Crippen LogP contribution in [0.25, 0.3) is 10.2 Å². The molecule has 0 fully saturated rings. The van der Waals surface area contributed by atoms with E-state index in [2.05, 4.69) is 15.3 Å². The quantitative estimate of drug-likeness (QED) is 0.733. The number of thiophene rings is 1. The normalized spacial score (nSPS) is 12.4. The second-order valence-electron chi connectivity index (χ2n) is 5.84. The predicted molar refractivity (Wildman–Crippen MR) is 99.0 cm³/mol. The highest BCUT2D eigenvalue weighted by Crippen LogP contribution is 2.31. The summed E-state index contributed by atoms with van der Waals surface area (Å²) in [5.74, 6) is 0.625. The molecule has 2 aromatic heterocycles. The van der Waals surface area contributed by atoms with Crippen molar-refractivity contribution in [2.75, 3.05) is 0 Å². The molecule has 0 radical (unpaired) electrons. The van der Waals surface area contributed by atoms with Crippen molar-refractivity contribution < 1.29 is 4.79 Å². The zero-order valence-electron chi connectivity index (χ0n) is 14.0. The number of nitrogens with zero attached hydrogens (tertiary/aromatic N) is 2. The maximum absolute atomic E-state index is 12.7. The predicted octanol–water partition coefficient (Wildman–Crippen LogP) is 4.76.